The molecule has 0 saturated carbocycles. The van der Waals surface area contributed by atoms with E-state index in [1.807, 2.05) is 24.3 Å². The van der Waals surface area contributed by atoms with Crippen LogP contribution in [0.1, 0.15) is 23.2 Å². The van der Waals surface area contributed by atoms with Gasteiger partial charge in [-0.25, -0.2) is 0 Å². The number of benzene rings is 2. The van der Waals surface area contributed by atoms with Gasteiger partial charge in [0.05, 0.1) is 5.69 Å². The molecule has 1 saturated heterocycles. The van der Waals surface area contributed by atoms with Crippen LogP contribution in [-0.2, 0) is 0 Å². The van der Waals surface area contributed by atoms with Crippen LogP contribution in [0.2, 0.25) is 5.02 Å². The lowest BCUT2D eigenvalue weighted by molar-refractivity contribution is 0.102. The van der Waals surface area contributed by atoms with Crippen molar-refractivity contribution in [2.45, 2.75) is 12.8 Å². The molecule has 2 aromatic carbocycles. The zero-order valence-corrected chi connectivity index (χ0v) is 15.5. The molecule has 0 unspecified atom stereocenters. The summed E-state index contributed by atoms with van der Waals surface area (Å²) in [5, 5.41) is 12.1. The topological polar surface area (TPSA) is 58.1 Å². The Morgan fingerprint density at radius 3 is 2.41 bits per heavy atom. The lowest BCUT2D eigenvalue weighted by Crippen LogP contribution is -2.19. The number of amides is 1. The normalized spacial score (nSPS) is 13.6. The highest BCUT2D eigenvalue weighted by atomic mass is 35.5. The van der Waals surface area contributed by atoms with Crippen molar-refractivity contribution in [3.8, 4) is 11.3 Å². The third kappa shape index (κ3) is 4.09. The Hall–Kier alpha value is -2.92. The number of hydrogen-bond donors (Lipinski definition) is 1. The summed E-state index contributed by atoms with van der Waals surface area (Å²) in [6, 6.07) is 18.4. The Balaban J connectivity index is 1.46. The largest absolute Gasteiger partial charge is 0.355 e. The fourth-order valence-electron chi connectivity index (χ4n) is 3.16. The summed E-state index contributed by atoms with van der Waals surface area (Å²) >= 11 is 5.95. The minimum absolute atomic E-state index is 0.181. The molecule has 6 heteroatoms. The third-order valence-electron chi connectivity index (χ3n) is 4.61. The smallest absolute Gasteiger partial charge is 0.255 e. The van der Waals surface area contributed by atoms with Crippen molar-refractivity contribution in [3.63, 3.8) is 0 Å². The Morgan fingerprint density at radius 1 is 0.963 bits per heavy atom. The molecule has 27 heavy (non-hydrogen) atoms. The zero-order valence-electron chi connectivity index (χ0n) is 14.7. The highest BCUT2D eigenvalue weighted by Crippen LogP contribution is 2.22. The SMILES string of the molecule is O=C(Nc1cccc(Cl)c1)c1ccc(-c2ccc(N3CCCC3)nn2)cc1. The maximum atomic E-state index is 12.4. The van der Waals surface area contributed by atoms with Gasteiger partial charge in [-0.3, -0.25) is 4.79 Å². The first-order valence-electron chi connectivity index (χ1n) is 8.95. The van der Waals surface area contributed by atoms with Crippen LogP contribution in [0.25, 0.3) is 11.3 Å². The molecule has 1 fully saturated rings. The molecule has 5 nitrogen and oxygen atoms in total. The van der Waals surface area contributed by atoms with Crippen molar-refractivity contribution < 1.29 is 4.79 Å². The van der Waals surface area contributed by atoms with Gasteiger partial charge in [0, 0.05) is 34.9 Å². The Labute approximate surface area is 163 Å². The molecule has 0 atom stereocenters. The fourth-order valence-corrected chi connectivity index (χ4v) is 3.35. The summed E-state index contributed by atoms with van der Waals surface area (Å²) < 4.78 is 0. The second kappa shape index (κ2) is 7.76. The van der Waals surface area contributed by atoms with E-state index in [1.54, 1.807) is 36.4 Å². The zero-order chi connectivity index (χ0) is 18.6. The molecule has 0 radical (unpaired) electrons. The number of carbonyl (C=O) groups excluding carboxylic acids is 1. The van der Waals surface area contributed by atoms with Crippen LogP contribution in [0.5, 0.6) is 0 Å². The van der Waals surface area contributed by atoms with Crippen molar-refractivity contribution >= 4 is 29.0 Å². The van der Waals surface area contributed by atoms with E-state index >= 15 is 0 Å². The molecule has 136 valence electrons. The molecule has 1 aliphatic rings. The maximum absolute atomic E-state index is 12.4. The summed E-state index contributed by atoms with van der Waals surface area (Å²) in [6.07, 6.45) is 2.42. The molecular formula is C21H19ClN4O. The number of anilines is 2. The third-order valence-corrected chi connectivity index (χ3v) is 4.84. The van der Waals surface area contributed by atoms with Gasteiger partial charge in [-0.1, -0.05) is 29.8 Å². The number of nitrogens with zero attached hydrogens (tertiary/aromatic N) is 3. The number of aromatic nitrogens is 2. The number of rotatable bonds is 4. The van der Waals surface area contributed by atoms with Crippen LogP contribution < -0.4 is 10.2 Å². The molecule has 0 spiro atoms. The van der Waals surface area contributed by atoms with E-state index in [4.69, 9.17) is 11.6 Å². The fraction of sp³-hybridized carbons (Fsp3) is 0.190. The van der Waals surface area contributed by atoms with E-state index in [9.17, 15) is 4.79 Å². The summed E-state index contributed by atoms with van der Waals surface area (Å²) in [5.74, 6) is 0.744. The van der Waals surface area contributed by atoms with Gasteiger partial charge in [0.2, 0.25) is 0 Å². The van der Waals surface area contributed by atoms with Gasteiger partial charge in [-0.2, -0.15) is 0 Å². The number of carbonyl (C=O) groups is 1. The van der Waals surface area contributed by atoms with Gasteiger partial charge in [0.15, 0.2) is 5.82 Å². The van der Waals surface area contributed by atoms with Gasteiger partial charge in [-0.05, 0) is 55.3 Å². The minimum atomic E-state index is -0.181. The molecule has 2 heterocycles. The number of halogens is 1. The van der Waals surface area contributed by atoms with Gasteiger partial charge in [0.25, 0.3) is 5.91 Å². The van der Waals surface area contributed by atoms with Crippen molar-refractivity contribution in [1.29, 1.82) is 0 Å². The predicted octanol–water partition coefficient (Wildman–Crippen LogP) is 4.65. The lowest BCUT2D eigenvalue weighted by Gasteiger charge is -2.15. The Kier molecular flexibility index (Phi) is 5.03. The maximum Gasteiger partial charge on any atom is 0.255 e. The van der Waals surface area contributed by atoms with Gasteiger partial charge in [-0.15, -0.1) is 10.2 Å². The Bertz CT molecular complexity index is 935. The van der Waals surface area contributed by atoms with Gasteiger partial charge < -0.3 is 10.2 Å². The van der Waals surface area contributed by atoms with E-state index in [2.05, 4.69) is 20.4 Å². The molecule has 1 N–H and O–H groups in total. The van der Waals surface area contributed by atoms with E-state index in [1.165, 1.54) is 12.8 Å². The molecule has 1 aliphatic heterocycles. The first-order valence-corrected chi connectivity index (χ1v) is 9.33. The highest BCUT2D eigenvalue weighted by molar-refractivity contribution is 6.30. The average Bonchev–Trinajstić information content (AvgIpc) is 3.23. The second-order valence-corrected chi connectivity index (χ2v) is 6.95. The van der Waals surface area contributed by atoms with Crippen LogP contribution in [0.3, 0.4) is 0 Å². The molecule has 1 amide bonds. The first kappa shape index (κ1) is 17.5. The van der Waals surface area contributed by atoms with E-state index in [0.29, 0.717) is 16.3 Å². The average molecular weight is 379 g/mol. The standard InChI is InChI=1S/C21H19ClN4O/c22-17-4-3-5-18(14-17)23-21(27)16-8-6-15(7-9-16)19-10-11-20(25-24-19)26-12-1-2-13-26/h3-11,14H,1-2,12-13H2,(H,23,27). The molecule has 1 aromatic heterocycles. The predicted molar refractivity (Wildman–Crippen MR) is 108 cm³/mol. The van der Waals surface area contributed by atoms with Crippen molar-refractivity contribution in [2.75, 3.05) is 23.3 Å². The van der Waals surface area contributed by atoms with Crippen molar-refractivity contribution in [2.24, 2.45) is 0 Å². The molecule has 4 rings (SSSR count). The van der Waals surface area contributed by atoms with Crippen molar-refractivity contribution in [1.82, 2.24) is 10.2 Å². The summed E-state index contributed by atoms with van der Waals surface area (Å²) in [7, 11) is 0. The van der Waals surface area contributed by atoms with Gasteiger partial charge >= 0.3 is 0 Å². The van der Waals surface area contributed by atoms with Gasteiger partial charge in [0.1, 0.15) is 0 Å². The summed E-state index contributed by atoms with van der Waals surface area (Å²) in [5.41, 5.74) is 2.95. The van der Waals surface area contributed by atoms with Crippen LogP contribution in [0.4, 0.5) is 11.5 Å². The van der Waals surface area contributed by atoms with Crippen LogP contribution in [-0.4, -0.2) is 29.2 Å². The van der Waals surface area contributed by atoms with E-state index < -0.39 is 0 Å². The molecular weight excluding hydrogens is 360 g/mol. The summed E-state index contributed by atoms with van der Waals surface area (Å²) in [6.45, 7) is 2.09. The quantitative estimate of drug-likeness (QED) is 0.718. The lowest BCUT2D eigenvalue weighted by atomic mass is 10.1. The summed E-state index contributed by atoms with van der Waals surface area (Å²) in [4.78, 5) is 14.6. The highest BCUT2D eigenvalue weighted by Gasteiger charge is 2.14. The first-order chi connectivity index (χ1) is 13.2. The van der Waals surface area contributed by atoms with Crippen LogP contribution >= 0.6 is 11.6 Å². The number of hydrogen-bond acceptors (Lipinski definition) is 4. The number of nitrogens with one attached hydrogen (secondary N) is 1. The molecule has 0 bridgehead atoms. The van der Waals surface area contributed by atoms with E-state index in [-0.39, 0.29) is 5.91 Å². The second-order valence-electron chi connectivity index (χ2n) is 6.51. The minimum Gasteiger partial charge on any atom is -0.355 e. The Morgan fingerprint density at radius 2 is 1.74 bits per heavy atom. The molecule has 3 aromatic rings. The van der Waals surface area contributed by atoms with Crippen molar-refractivity contribution in [3.05, 3.63) is 71.2 Å². The van der Waals surface area contributed by atoms with Crippen LogP contribution in [0, 0.1) is 0 Å². The van der Waals surface area contributed by atoms with Crippen LogP contribution in [0.15, 0.2) is 60.7 Å². The monoisotopic (exact) mass is 378 g/mol. The van der Waals surface area contributed by atoms with E-state index in [0.717, 1.165) is 30.2 Å². The molecule has 0 aliphatic carbocycles.